The van der Waals surface area contributed by atoms with E-state index < -0.39 is 7.26 Å². The summed E-state index contributed by atoms with van der Waals surface area (Å²) in [5, 5.41) is 4.47. The standard InChI is InChI=1S/C29H31P/c1-2-12-25-19-21-26(22-20-25)23-24-30(27-13-6-3-7-14-27,28-15-8-4-9-16-28)29-17-10-5-11-18-29/h3-11,13-22,30H,2,12,23-24H2,1H3. The zero-order valence-corrected chi connectivity index (χ0v) is 18.8. The van der Waals surface area contributed by atoms with Crippen molar-refractivity contribution in [2.75, 3.05) is 6.16 Å². The van der Waals surface area contributed by atoms with Gasteiger partial charge in [0.15, 0.2) is 0 Å². The summed E-state index contributed by atoms with van der Waals surface area (Å²) in [4.78, 5) is 0. The number of hydrogen-bond donors (Lipinski definition) is 0. The molecule has 0 aliphatic heterocycles. The van der Waals surface area contributed by atoms with Gasteiger partial charge in [-0.2, -0.15) is 0 Å². The zero-order valence-electron chi connectivity index (χ0n) is 17.8. The van der Waals surface area contributed by atoms with Crippen LogP contribution < -0.4 is 15.9 Å². The molecule has 0 saturated heterocycles. The van der Waals surface area contributed by atoms with Crippen molar-refractivity contribution in [3.8, 4) is 0 Å². The fourth-order valence-corrected chi connectivity index (χ4v) is 9.41. The molecular weight excluding hydrogens is 379 g/mol. The maximum atomic E-state index is 2.34. The molecule has 0 spiro atoms. The van der Waals surface area contributed by atoms with Gasteiger partial charge in [0.1, 0.15) is 0 Å². The van der Waals surface area contributed by atoms with Crippen molar-refractivity contribution < 1.29 is 0 Å². The van der Waals surface area contributed by atoms with Gasteiger partial charge in [-0.25, -0.2) is 0 Å². The van der Waals surface area contributed by atoms with E-state index >= 15 is 0 Å². The topological polar surface area (TPSA) is 0 Å². The minimum atomic E-state index is -2.14. The quantitative estimate of drug-likeness (QED) is 0.317. The van der Waals surface area contributed by atoms with Gasteiger partial charge in [-0.15, -0.1) is 0 Å². The van der Waals surface area contributed by atoms with Crippen molar-refractivity contribution in [1.82, 2.24) is 0 Å². The molecule has 0 fully saturated rings. The van der Waals surface area contributed by atoms with Gasteiger partial charge in [-0.05, 0) is 0 Å². The molecule has 0 aromatic heterocycles. The zero-order chi connectivity index (χ0) is 20.7. The van der Waals surface area contributed by atoms with Gasteiger partial charge in [0, 0.05) is 0 Å². The molecule has 30 heavy (non-hydrogen) atoms. The maximum absolute atomic E-state index is 2.34. The van der Waals surface area contributed by atoms with Crippen LogP contribution in [0.5, 0.6) is 0 Å². The summed E-state index contributed by atoms with van der Waals surface area (Å²) in [6, 6.07) is 42.9. The summed E-state index contributed by atoms with van der Waals surface area (Å²) in [7, 11) is -2.14. The Kier molecular flexibility index (Phi) is 6.77. The van der Waals surface area contributed by atoms with Gasteiger partial charge in [0.05, 0.1) is 0 Å². The second-order valence-corrected chi connectivity index (χ2v) is 12.1. The van der Waals surface area contributed by atoms with Gasteiger partial charge in [-0.3, -0.25) is 0 Å². The monoisotopic (exact) mass is 410 g/mol. The van der Waals surface area contributed by atoms with E-state index in [0.29, 0.717) is 0 Å². The van der Waals surface area contributed by atoms with Crippen LogP contribution in [0.4, 0.5) is 0 Å². The molecule has 0 saturated carbocycles. The normalized spacial score (nSPS) is 11.9. The molecule has 0 bridgehead atoms. The van der Waals surface area contributed by atoms with Crippen molar-refractivity contribution in [3.05, 3.63) is 126 Å². The second-order valence-electron chi connectivity index (χ2n) is 8.07. The summed E-state index contributed by atoms with van der Waals surface area (Å²) in [6.45, 7) is 2.24. The summed E-state index contributed by atoms with van der Waals surface area (Å²) >= 11 is 0. The van der Waals surface area contributed by atoms with Gasteiger partial charge < -0.3 is 0 Å². The number of hydrogen-bond acceptors (Lipinski definition) is 0. The molecule has 4 rings (SSSR count). The molecule has 0 amide bonds. The molecule has 0 aliphatic rings. The van der Waals surface area contributed by atoms with Crippen LogP contribution in [0.2, 0.25) is 0 Å². The van der Waals surface area contributed by atoms with E-state index in [4.69, 9.17) is 0 Å². The Bertz CT molecular complexity index is 925. The first kappa shape index (κ1) is 20.6. The average molecular weight is 411 g/mol. The molecule has 0 N–H and O–H groups in total. The molecule has 0 unspecified atom stereocenters. The van der Waals surface area contributed by atoms with Crippen LogP contribution in [-0.4, -0.2) is 6.16 Å². The number of rotatable bonds is 8. The molecule has 4 aromatic carbocycles. The van der Waals surface area contributed by atoms with Gasteiger partial charge >= 0.3 is 182 Å². The Morgan fingerprint density at radius 1 is 0.467 bits per heavy atom. The third kappa shape index (κ3) is 4.40. The Hall–Kier alpha value is -2.69. The molecule has 0 atom stereocenters. The molecule has 1 heteroatoms. The van der Waals surface area contributed by atoms with Gasteiger partial charge in [0.2, 0.25) is 0 Å². The van der Waals surface area contributed by atoms with Crippen molar-refractivity contribution in [3.63, 3.8) is 0 Å². The summed E-state index contributed by atoms with van der Waals surface area (Å²) in [5.74, 6) is 0. The fourth-order valence-electron chi connectivity index (χ4n) is 4.59. The van der Waals surface area contributed by atoms with Crippen LogP contribution in [0.15, 0.2) is 115 Å². The predicted molar refractivity (Wildman–Crippen MR) is 136 cm³/mol. The Labute approximate surface area is 182 Å². The SMILES string of the molecule is CCCc1ccc(CC[PH](c2ccccc2)(c2ccccc2)c2ccccc2)cc1. The van der Waals surface area contributed by atoms with Crippen molar-refractivity contribution in [1.29, 1.82) is 0 Å². The Morgan fingerprint density at radius 3 is 1.20 bits per heavy atom. The van der Waals surface area contributed by atoms with E-state index in [1.807, 2.05) is 0 Å². The van der Waals surface area contributed by atoms with E-state index in [9.17, 15) is 0 Å². The first-order valence-electron chi connectivity index (χ1n) is 11.1. The van der Waals surface area contributed by atoms with E-state index in [1.54, 1.807) is 0 Å². The van der Waals surface area contributed by atoms with Crippen LogP contribution in [0.3, 0.4) is 0 Å². The molecule has 152 valence electrons. The van der Waals surface area contributed by atoms with Crippen LogP contribution >= 0.6 is 7.26 Å². The van der Waals surface area contributed by atoms with Crippen LogP contribution in [0.25, 0.3) is 0 Å². The van der Waals surface area contributed by atoms with Gasteiger partial charge in [0.25, 0.3) is 0 Å². The minimum absolute atomic E-state index is 1.09. The first-order valence-corrected chi connectivity index (χ1v) is 13.3. The average Bonchev–Trinajstić information content (AvgIpc) is 2.83. The van der Waals surface area contributed by atoms with Crippen LogP contribution in [-0.2, 0) is 12.8 Å². The van der Waals surface area contributed by atoms with Crippen LogP contribution in [0.1, 0.15) is 24.5 Å². The predicted octanol–water partition coefficient (Wildman–Crippen LogP) is 5.91. The Morgan fingerprint density at radius 2 is 0.833 bits per heavy atom. The Balaban J connectivity index is 1.78. The first-order chi connectivity index (χ1) is 14.8. The molecule has 4 aromatic rings. The van der Waals surface area contributed by atoms with Crippen molar-refractivity contribution in [2.45, 2.75) is 26.2 Å². The number of benzene rings is 4. The third-order valence-corrected chi connectivity index (χ3v) is 11.1. The molecular formula is C29H31P. The number of aryl methyl sites for hydroxylation is 2. The van der Waals surface area contributed by atoms with Crippen molar-refractivity contribution in [2.24, 2.45) is 0 Å². The summed E-state index contributed by atoms with van der Waals surface area (Å²) in [5.41, 5.74) is 2.88. The third-order valence-electron chi connectivity index (χ3n) is 6.15. The van der Waals surface area contributed by atoms with Crippen molar-refractivity contribution >= 4 is 23.2 Å². The van der Waals surface area contributed by atoms with E-state index in [0.717, 1.165) is 19.0 Å². The van der Waals surface area contributed by atoms with E-state index in [1.165, 1.54) is 33.5 Å². The van der Waals surface area contributed by atoms with Crippen LogP contribution in [0, 0.1) is 0 Å². The van der Waals surface area contributed by atoms with E-state index in [2.05, 4.69) is 122 Å². The molecule has 0 radical (unpaired) electrons. The molecule has 0 aliphatic carbocycles. The molecule has 0 nitrogen and oxygen atoms in total. The van der Waals surface area contributed by atoms with E-state index in [-0.39, 0.29) is 0 Å². The second kappa shape index (κ2) is 9.88. The molecule has 0 heterocycles. The van der Waals surface area contributed by atoms with Gasteiger partial charge in [-0.1, -0.05) is 0 Å². The summed E-state index contributed by atoms with van der Waals surface area (Å²) in [6.07, 6.45) is 4.62. The summed E-state index contributed by atoms with van der Waals surface area (Å²) < 4.78 is 0. The fraction of sp³-hybridized carbons (Fsp3) is 0.172.